The summed E-state index contributed by atoms with van der Waals surface area (Å²) < 4.78 is 6.52. The van der Waals surface area contributed by atoms with Crippen LogP contribution < -0.4 is 4.90 Å². The highest BCUT2D eigenvalue weighted by atomic mass is 79.9. The van der Waals surface area contributed by atoms with Gasteiger partial charge in [-0.15, -0.1) is 0 Å². The summed E-state index contributed by atoms with van der Waals surface area (Å²) in [5.41, 5.74) is 1.19. The summed E-state index contributed by atoms with van der Waals surface area (Å²) in [7, 11) is 0. The molecule has 0 unspecified atom stereocenters. The van der Waals surface area contributed by atoms with E-state index in [1.165, 1.54) is 5.56 Å². The molecule has 0 radical (unpaired) electrons. The van der Waals surface area contributed by atoms with E-state index < -0.39 is 0 Å². The van der Waals surface area contributed by atoms with Crippen molar-refractivity contribution in [3.63, 3.8) is 0 Å². The van der Waals surface area contributed by atoms with Crippen molar-refractivity contribution in [2.24, 2.45) is 5.92 Å². The summed E-state index contributed by atoms with van der Waals surface area (Å²) in [4.78, 5) is 18.9. The highest BCUT2D eigenvalue weighted by Gasteiger charge is 2.41. The molecule has 1 aromatic heterocycles. The number of fused-ring (bicyclic) bond motifs is 3. The lowest BCUT2D eigenvalue weighted by atomic mass is 9.79. The molecule has 2 atom stereocenters. The number of aromatic nitrogens is 1. The second-order valence-electron chi connectivity index (χ2n) is 5.05. The molecule has 0 aliphatic carbocycles. The van der Waals surface area contributed by atoms with E-state index in [1.807, 2.05) is 11.8 Å². The molecule has 4 nitrogen and oxygen atoms in total. The van der Waals surface area contributed by atoms with E-state index in [1.54, 1.807) is 6.20 Å². The fourth-order valence-corrected chi connectivity index (χ4v) is 3.50. The number of pyridine rings is 1. The fourth-order valence-electron chi connectivity index (χ4n) is 3.15. The van der Waals surface area contributed by atoms with Crippen LogP contribution in [-0.4, -0.2) is 30.6 Å². The Morgan fingerprint density at radius 1 is 1.42 bits per heavy atom. The number of carbonyl (C=O) groups excluding carboxylic acids is 1. The topological polar surface area (TPSA) is 42.4 Å². The van der Waals surface area contributed by atoms with Gasteiger partial charge in [-0.25, -0.2) is 4.98 Å². The van der Waals surface area contributed by atoms with Crippen molar-refractivity contribution in [3.05, 3.63) is 22.3 Å². The standard InChI is InChI=1S/C14H17BrN2O2/c1-2-17-13-12(7-9(15)8-16-13)10-3-5-19-6-4-11(10)14(17)18/h7-8,10-11H,2-6H2,1H3/t10-,11+/m1/s1. The normalized spacial score (nSPS) is 26.6. The molecule has 3 rings (SSSR count). The molecule has 19 heavy (non-hydrogen) atoms. The Bertz CT molecular complexity index is 506. The molecule has 1 amide bonds. The average Bonchev–Trinajstić information content (AvgIpc) is 2.66. The van der Waals surface area contributed by atoms with Gasteiger partial charge in [0.05, 0.1) is 0 Å². The highest BCUT2D eigenvalue weighted by Crippen LogP contribution is 2.43. The van der Waals surface area contributed by atoms with Crippen LogP contribution in [0.15, 0.2) is 16.7 Å². The van der Waals surface area contributed by atoms with Gasteiger partial charge in [0.1, 0.15) is 5.82 Å². The van der Waals surface area contributed by atoms with Crippen molar-refractivity contribution in [2.75, 3.05) is 24.7 Å². The third-order valence-corrected chi connectivity index (χ3v) is 4.48. The van der Waals surface area contributed by atoms with Gasteiger partial charge < -0.3 is 4.74 Å². The summed E-state index contributed by atoms with van der Waals surface area (Å²) in [5.74, 6) is 1.34. The molecule has 0 spiro atoms. The van der Waals surface area contributed by atoms with Crippen molar-refractivity contribution < 1.29 is 9.53 Å². The summed E-state index contributed by atoms with van der Waals surface area (Å²) in [6.45, 7) is 4.08. The van der Waals surface area contributed by atoms with E-state index in [4.69, 9.17) is 4.74 Å². The predicted molar refractivity (Wildman–Crippen MR) is 76.2 cm³/mol. The molecular formula is C14H17BrN2O2. The Labute approximate surface area is 121 Å². The van der Waals surface area contributed by atoms with Gasteiger partial charge in [-0.2, -0.15) is 0 Å². The zero-order valence-corrected chi connectivity index (χ0v) is 12.5. The predicted octanol–water partition coefficient (Wildman–Crippen LogP) is 2.72. The van der Waals surface area contributed by atoms with Crippen LogP contribution in [0.1, 0.15) is 31.2 Å². The first-order chi connectivity index (χ1) is 9.22. The van der Waals surface area contributed by atoms with E-state index in [2.05, 4.69) is 27.0 Å². The van der Waals surface area contributed by atoms with Crippen LogP contribution >= 0.6 is 15.9 Å². The van der Waals surface area contributed by atoms with E-state index in [9.17, 15) is 4.79 Å². The molecule has 1 saturated heterocycles. The van der Waals surface area contributed by atoms with Crippen LogP contribution in [0.3, 0.4) is 0 Å². The summed E-state index contributed by atoms with van der Waals surface area (Å²) >= 11 is 3.49. The van der Waals surface area contributed by atoms with Crippen LogP contribution in [0, 0.1) is 5.92 Å². The number of halogens is 1. The van der Waals surface area contributed by atoms with Gasteiger partial charge in [-0.05, 0) is 41.8 Å². The first-order valence-corrected chi connectivity index (χ1v) is 7.56. The molecule has 102 valence electrons. The number of hydrogen-bond acceptors (Lipinski definition) is 3. The average molecular weight is 325 g/mol. The van der Waals surface area contributed by atoms with Crippen LogP contribution in [0.25, 0.3) is 0 Å². The molecular weight excluding hydrogens is 308 g/mol. The minimum absolute atomic E-state index is 0.0473. The highest BCUT2D eigenvalue weighted by molar-refractivity contribution is 9.10. The van der Waals surface area contributed by atoms with E-state index in [0.29, 0.717) is 13.2 Å². The van der Waals surface area contributed by atoms with E-state index >= 15 is 0 Å². The lowest BCUT2D eigenvalue weighted by Gasteiger charge is -2.37. The van der Waals surface area contributed by atoms with Crippen molar-refractivity contribution >= 4 is 27.7 Å². The number of carbonyl (C=O) groups is 1. The molecule has 0 bridgehead atoms. The monoisotopic (exact) mass is 324 g/mol. The molecule has 0 N–H and O–H groups in total. The number of amides is 1. The van der Waals surface area contributed by atoms with Gasteiger partial charge in [0.25, 0.3) is 0 Å². The maximum atomic E-state index is 12.6. The van der Waals surface area contributed by atoms with Crippen molar-refractivity contribution in [1.29, 1.82) is 0 Å². The smallest absolute Gasteiger partial charge is 0.231 e. The Hall–Kier alpha value is -0.940. The Kier molecular flexibility index (Phi) is 3.58. The van der Waals surface area contributed by atoms with Crippen LogP contribution in [0.5, 0.6) is 0 Å². The SMILES string of the molecule is CCN1C(=O)[C@H]2CCOCC[C@H]2c2cc(Br)cnc21. The Morgan fingerprint density at radius 2 is 2.16 bits per heavy atom. The van der Waals surface area contributed by atoms with E-state index in [0.717, 1.165) is 29.7 Å². The summed E-state index contributed by atoms with van der Waals surface area (Å²) in [5, 5.41) is 0. The third kappa shape index (κ3) is 2.19. The Balaban J connectivity index is 2.11. The first kappa shape index (κ1) is 13.1. The van der Waals surface area contributed by atoms with Gasteiger partial charge in [0.15, 0.2) is 0 Å². The fraction of sp³-hybridized carbons (Fsp3) is 0.571. The lowest BCUT2D eigenvalue weighted by Crippen LogP contribution is -2.44. The molecule has 5 heteroatoms. The number of hydrogen-bond donors (Lipinski definition) is 0. The molecule has 3 heterocycles. The first-order valence-electron chi connectivity index (χ1n) is 6.77. The summed E-state index contributed by atoms with van der Waals surface area (Å²) in [6.07, 6.45) is 3.48. The van der Waals surface area contributed by atoms with Gasteiger partial charge in [0, 0.05) is 47.8 Å². The Morgan fingerprint density at radius 3 is 2.89 bits per heavy atom. The summed E-state index contributed by atoms with van der Waals surface area (Å²) in [6, 6.07) is 2.11. The molecule has 2 aliphatic heterocycles. The molecule has 2 aliphatic rings. The van der Waals surface area contributed by atoms with Gasteiger partial charge in [-0.3, -0.25) is 9.69 Å². The van der Waals surface area contributed by atoms with Crippen molar-refractivity contribution in [3.8, 4) is 0 Å². The minimum Gasteiger partial charge on any atom is -0.381 e. The second kappa shape index (κ2) is 5.21. The number of rotatable bonds is 1. The van der Waals surface area contributed by atoms with Crippen LogP contribution in [-0.2, 0) is 9.53 Å². The quantitative estimate of drug-likeness (QED) is 0.797. The largest absolute Gasteiger partial charge is 0.381 e. The van der Waals surface area contributed by atoms with Gasteiger partial charge in [-0.1, -0.05) is 0 Å². The molecule has 1 aromatic rings. The van der Waals surface area contributed by atoms with Gasteiger partial charge in [0.2, 0.25) is 5.91 Å². The van der Waals surface area contributed by atoms with Gasteiger partial charge >= 0.3 is 0 Å². The maximum absolute atomic E-state index is 12.6. The number of nitrogens with zero attached hydrogens (tertiary/aromatic N) is 2. The maximum Gasteiger partial charge on any atom is 0.231 e. The zero-order valence-electron chi connectivity index (χ0n) is 10.9. The van der Waals surface area contributed by atoms with E-state index in [-0.39, 0.29) is 17.7 Å². The third-order valence-electron chi connectivity index (χ3n) is 4.05. The molecule has 0 aromatic carbocycles. The molecule has 0 saturated carbocycles. The molecule has 1 fully saturated rings. The van der Waals surface area contributed by atoms with Crippen molar-refractivity contribution in [2.45, 2.75) is 25.7 Å². The van der Waals surface area contributed by atoms with Crippen LogP contribution in [0.4, 0.5) is 5.82 Å². The zero-order chi connectivity index (χ0) is 13.4. The van der Waals surface area contributed by atoms with Crippen molar-refractivity contribution in [1.82, 2.24) is 4.98 Å². The second-order valence-corrected chi connectivity index (χ2v) is 5.97. The number of ether oxygens (including phenoxy) is 1. The van der Waals surface area contributed by atoms with Crippen LogP contribution in [0.2, 0.25) is 0 Å². The number of anilines is 1. The minimum atomic E-state index is 0.0473. The lowest BCUT2D eigenvalue weighted by molar-refractivity contribution is -0.123.